The van der Waals surface area contributed by atoms with Crippen molar-refractivity contribution < 1.29 is 4.74 Å². The van der Waals surface area contributed by atoms with E-state index in [9.17, 15) is 0 Å². The van der Waals surface area contributed by atoms with E-state index in [-0.39, 0.29) is 6.23 Å². The molecule has 1 atom stereocenters. The van der Waals surface area contributed by atoms with Gasteiger partial charge in [-0.05, 0) is 41.8 Å². The van der Waals surface area contributed by atoms with E-state index in [1.165, 1.54) is 11.1 Å². The monoisotopic (exact) mass is 412 g/mol. The number of benzene rings is 2. The Morgan fingerprint density at radius 1 is 1.15 bits per heavy atom. The van der Waals surface area contributed by atoms with Crippen LogP contribution >= 0.6 is 15.9 Å². The van der Waals surface area contributed by atoms with Crippen molar-refractivity contribution in [1.82, 2.24) is 15.0 Å². The molecule has 134 valence electrons. The lowest BCUT2D eigenvalue weighted by molar-refractivity contribution is 0.110. The Morgan fingerprint density at radius 2 is 2.00 bits per heavy atom. The van der Waals surface area contributed by atoms with Crippen molar-refractivity contribution in [3.05, 3.63) is 76.0 Å². The fraction of sp³-hybridized carbons (Fsp3) is 0.300. The highest BCUT2D eigenvalue weighted by atomic mass is 79.9. The number of ether oxygens (including phenoxy) is 1. The molecule has 1 fully saturated rings. The minimum Gasteiger partial charge on any atom is -0.350 e. The summed E-state index contributed by atoms with van der Waals surface area (Å²) in [5, 5.41) is 8.65. The lowest BCUT2D eigenvalue weighted by Gasteiger charge is -2.23. The molecule has 0 unspecified atom stereocenters. The Hall–Kier alpha value is -2.18. The zero-order chi connectivity index (χ0) is 17.9. The summed E-state index contributed by atoms with van der Waals surface area (Å²) >= 11 is 3.51. The van der Waals surface area contributed by atoms with Crippen LogP contribution in [-0.4, -0.2) is 28.1 Å². The van der Waals surface area contributed by atoms with Crippen LogP contribution in [0.15, 0.2) is 59.2 Å². The summed E-state index contributed by atoms with van der Waals surface area (Å²) in [4.78, 5) is 2.24. The predicted molar refractivity (Wildman–Crippen MR) is 105 cm³/mol. The largest absolute Gasteiger partial charge is 0.350 e. The zero-order valence-corrected chi connectivity index (χ0v) is 16.3. The van der Waals surface area contributed by atoms with Crippen molar-refractivity contribution in [2.45, 2.75) is 26.1 Å². The van der Waals surface area contributed by atoms with Crippen LogP contribution in [0.4, 0.5) is 5.69 Å². The Morgan fingerprint density at radius 3 is 2.77 bits per heavy atom. The van der Waals surface area contributed by atoms with E-state index in [1.807, 2.05) is 23.0 Å². The van der Waals surface area contributed by atoms with Gasteiger partial charge in [0.15, 0.2) is 6.23 Å². The Kier molecular flexibility index (Phi) is 5.04. The van der Waals surface area contributed by atoms with Gasteiger partial charge in [0.05, 0.1) is 19.3 Å². The fourth-order valence-electron chi connectivity index (χ4n) is 3.23. The highest BCUT2D eigenvalue weighted by Crippen LogP contribution is 2.31. The lowest BCUT2D eigenvalue weighted by Crippen LogP contribution is -2.23. The van der Waals surface area contributed by atoms with Crippen LogP contribution in [0.1, 0.15) is 30.0 Å². The number of halogens is 1. The van der Waals surface area contributed by atoms with Crippen molar-refractivity contribution in [3.8, 4) is 0 Å². The van der Waals surface area contributed by atoms with Crippen LogP contribution < -0.4 is 4.90 Å². The van der Waals surface area contributed by atoms with Gasteiger partial charge in [0.25, 0.3) is 0 Å². The van der Waals surface area contributed by atoms with E-state index >= 15 is 0 Å². The van der Waals surface area contributed by atoms with Gasteiger partial charge in [-0.15, -0.1) is 5.10 Å². The van der Waals surface area contributed by atoms with E-state index < -0.39 is 0 Å². The number of hydrogen-bond donors (Lipinski definition) is 0. The van der Waals surface area contributed by atoms with Gasteiger partial charge < -0.3 is 9.64 Å². The maximum absolute atomic E-state index is 5.95. The van der Waals surface area contributed by atoms with Crippen molar-refractivity contribution in [2.24, 2.45) is 0 Å². The minimum atomic E-state index is -0.182. The molecule has 0 aliphatic carbocycles. The first kappa shape index (κ1) is 17.2. The summed E-state index contributed by atoms with van der Waals surface area (Å²) in [5.74, 6) is 0. The second kappa shape index (κ2) is 7.60. The molecule has 0 saturated carbocycles. The quantitative estimate of drug-likeness (QED) is 0.629. The molecule has 2 heterocycles. The molecule has 4 rings (SSSR count). The van der Waals surface area contributed by atoms with Gasteiger partial charge in [-0.25, -0.2) is 4.68 Å². The first-order chi connectivity index (χ1) is 12.7. The molecule has 1 aromatic heterocycles. The number of nitrogens with zero attached hydrogens (tertiary/aromatic N) is 4. The van der Waals surface area contributed by atoms with E-state index in [0.29, 0.717) is 13.2 Å². The normalized spacial score (nSPS) is 17.0. The van der Waals surface area contributed by atoms with Crippen molar-refractivity contribution in [1.29, 1.82) is 0 Å². The molecule has 0 N–H and O–H groups in total. The molecule has 6 heteroatoms. The van der Waals surface area contributed by atoms with E-state index in [1.54, 1.807) is 0 Å². The van der Waals surface area contributed by atoms with Gasteiger partial charge in [-0.2, -0.15) is 0 Å². The third-order valence-electron chi connectivity index (χ3n) is 4.61. The van der Waals surface area contributed by atoms with Crippen molar-refractivity contribution >= 4 is 21.6 Å². The highest BCUT2D eigenvalue weighted by molar-refractivity contribution is 9.10. The first-order valence-electron chi connectivity index (χ1n) is 8.84. The number of aryl methyl sites for hydroxylation is 1. The van der Waals surface area contributed by atoms with Gasteiger partial charge in [0, 0.05) is 16.7 Å². The van der Waals surface area contributed by atoms with E-state index in [2.05, 4.69) is 74.5 Å². The summed E-state index contributed by atoms with van der Waals surface area (Å²) in [5.41, 5.74) is 4.52. The Balaban J connectivity index is 1.52. The minimum absolute atomic E-state index is 0.182. The van der Waals surface area contributed by atoms with Gasteiger partial charge in [-0.1, -0.05) is 52.3 Å². The molecule has 1 aliphatic rings. The molecule has 0 bridgehead atoms. The second-order valence-corrected chi connectivity index (χ2v) is 7.32. The average Bonchev–Trinajstić information content (AvgIpc) is 3.31. The number of aromatic nitrogens is 3. The molecule has 0 amide bonds. The van der Waals surface area contributed by atoms with Crippen molar-refractivity contribution in [2.75, 3.05) is 18.1 Å². The Labute approximate surface area is 161 Å². The average molecular weight is 413 g/mol. The summed E-state index contributed by atoms with van der Waals surface area (Å²) in [6.45, 7) is 4.40. The van der Waals surface area contributed by atoms with Gasteiger partial charge in [0.2, 0.25) is 0 Å². The Bertz CT molecular complexity index is 878. The van der Waals surface area contributed by atoms with Gasteiger partial charge in [0.1, 0.15) is 5.69 Å². The SMILES string of the molecule is CCc1ccc(N2CCO[C@H]2c2cn(Cc3cccc(Br)c3)nn2)cc1. The van der Waals surface area contributed by atoms with Crippen LogP contribution in [0.25, 0.3) is 0 Å². The molecule has 5 nitrogen and oxygen atoms in total. The molecule has 0 radical (unpaired) electrons. The third-order valence-corrected chi connectivity index (χ3v) is 5.10. The van der Waals surface area contributed by atoms with E-state index in [4.69, 9.17) is 4.74 Å². The molecule has 2 aromatic carbocycles. The second-order valence-electron chi connectivity index (χ2n) is 6.41. The van der Waals surface area contributed by atoms with Crippen LogP contribution in [0.5, 0.6) is 0 Å². The van der Waals surface area contributed by atoms with Crippen LogP contribution in [0.2, 0.25) is 0 Å². The molecule has 3 aromatic rings. The molecular formula is C20H21BrN4O. The summed E-state index contributed by atoms with van der Waals surface area (Å²) < 4.78 is 8.87. The summed E-state index contributed by atoms with van der Waals surface area (Å²) in [7, 11) is 0. The first-order valence-corrected chi connectivity index (χ1v) is 9.64. The van der Waals surface area contributed by atoms with E-state index in [0.717, 1.165) is 28.8 Å². The van der Waals surface area contributed by atoms with Crippen molar-refractivity contribution in [3.63, 3.8) is 0 Å². The summed E-state index contributed by atoms with van der Waals surface area (Å²) in [6, 6.07) is 16.9. The number of rotatable bonds is 5. The van der Waals surface area contributed by atoms with Crippen LogP contribution in [0.3, 0.4) is 0 Å². The maximum Gasteiger partial charge on any atom is 0.177 e. The predicted octanol–water partition coefficient (Wildman–Crippen LogP) is 4.19. The third kappa shape index (κ3) is 3.66. The number of hydrogen-bond acceptors (Lipinski definition) is 4. The molecule has 1 aliphatic heterocycles. The van der Waals surface area contributed by atoms with Crippen LogP contribution in [0, 0.1) is 0 Å². The molecule has 26 heavy (non-hydrogen) atoms. The lowest BCUT2D eigenvalue weighted by atomic mass is 10.1. The molecular weight excluding hydrogens is 392 g/mol. The van der Waals surface area contributed by atoms with Gasteiger partial charge in [-0.3, -0.25) is 0 Å². The zero-order valence-electron chi connectivity index (χ0n) is 14.7. The maximum atomic E-state index is 5.95. The van der Waals surface area contributed by atoms with Crippen LogP contribution in [-0.2, 0) is 17.7 Å². The molecule has 0 spiro atoms. The van der Waals surface area contributed by atoms with Gasteiger partial charge >= 0.3 is 0 Å². The number of anilines is 1. The summed E-state index contributed by atoms with van der Waals surface area (Å²) in [6.07, 6.45) is 2.84. The fourth-order valence-corrected chi connectivity index (χ4v) is 3.68. The smallest absolute Gasteiger partial charge is 0.177 e. The standard InChI is InChI=1S/C20H21BrN4O/c1-2-15-6-8-18(9-7-15)25-10-11-26-20(25)19-14-24(23-22-19)13-16-4-3-5-17(21)12-16/h3-9,12,14,20H,2,10-11,13H2,1H3/t20-/m0/s1. The highest BCUT2D eigenvalue weighted by Gasteiger charge is 2.29. The molecule has 1 saturated heterocycles. The topological polar surface area (TPSA) is 43.2 Å².